The van der Waals surface area contributed by atoms with Crippen LogP contribution in [0.2, 0.25) is 0 Å². The van der Waals surface area contributed by atoms with Crippen molar-refractivity contribution in [3.8, 4) is 0 Å². The molecular formula is C3H9N2O3-. The van der Waals surface area contributed by atoms with Gasteiger partial charge in [0.1, 0.15) is 0 Å². The molecule has 0 unspecified atom stereocenters. The van der Waals surface area contributed by atoms with E-state index in [0.717, 1.165) is 0 Å². The maximum absolute atomic E-state index is 9.98. The molecule has 0 bridgehead atoms. The number of hydroxylamine groups is 1. The molecule has 0 heterocycles. The van der Waals surface area contributed by atoms with E-state index in [-0.39, 0.29) is 5.39 Å². The Morgan fingerprint density at radius 1 is 1.75 bits per heavy atom. The maximum Gasteiger partial charge on any atom is 0.0591 e. The molecule has 0 fully saturated rings. The molecule has 0 radical (unpaired) electrons. The second kappa shape index (κ2) is 4.95. The van der Waals surface area contributed by atoms with Crippen LogP contribution in [-0.4, -0.2) is 19.0 Å². The first-order valence-corrected chi connectivity index (χ1v) is 2.22. The van der Waals surface area contributed by atoms with Gasteiger partial charge in [-0.3, -0.25) is 4.84 Å². The van der Waals surface area contributed by atoms with Gasteiger partial charge in [0.2, 0.25) is 0 Å². The van der Waals surface area contributed by atoms with Crippen LogP contribution in [0.4, 0.5) is 0 Å². The smallest absolute Gasteiger partial charge is 0.0591 e. The topological polar surface area (TPSA) is 56.8 Å². The first kappa shape index (κ1) is 7.80. The molecule has 0 aliphatic heterocycles. The zero-order valence-electron chi connectivity index (χ0n) is 4.88. The number of rotatable bonds is 4. The van der Waals surface area contributed by atoms with Crippen molar-refractivity contribution in [2.75, 3.05) is 13.7 Å². The summed E-state index contributed by atoms with van der Waals surface area (Å²) in [7, 11) is 1.21. The zero-order valence-corrected chi connectivity index (χ0v) is 4.88. The summed E-state index contributed by atoms with van der Waals surface area (Å²) in [5, 5.41) is 9.96. The first-order valence-electron chi connectivity index (χ1n) is 2.22. The van der Waals surface area contributed by atoms with Gasteiger partial charge in [-0.15, -0.1) is 5.39 Å². The highest BCUT2D eigenvalue weighted by Gasteiger charge is 1.81. The molecule has 5 nitrogen and oxygen atoms in total. The normalized spacial score (nSPS) is 10.5. The quantitative estimate of drug-likeness (QED) is 0.522. The second-order valence-corrected chi connectivity index (χ2v) is 0.995. The Hall–Kier alpha value is -0.200. The molecule has 0 spiro atoms. The second-order valence-electron chi connectivity index (χ2n) is 0.995. The van der Waals surface area contributed by atoms with E-state index >= 15 is 0 Å². The highest BCUT2D eigenvalue weighted by molar-refractivity contribution is 4.15. The molecule has 0 aromatic rings. The predicted octanol–water partition coefficient (Wildman–Crippen LogP) is -0.196. The van der Waals surface area contributed by atoms with Gasteiger partial charge < -0.3 is 5.21 Å². The minimum atomic E-state index is -0.0243. The molecule has 5 heteroatoms. The van der Waals surface area contributed by atoms with Gasteiger partial charge >= 0.3 is 0 Å². The van der Waals surface area contributed by atoms with Crippen molar-refractivity contribution in [2.45, 2.75) is 6.92 Å². The van der Waals surface area contributed by atoms with Crippen LogP contribution >= 0.6 is 0 Å². The van der Waals surface area contributed by atoms with E-state index in [1.54, 1.807) is 6.92 Å². The molecule has 0 aromatic carbocycles. The molecule has 0 rings (SSSR count). The van der Waals surface area contributed by atoms with Crippen molar-refractivity contribution < 1.29 is 9.78 Å². The van der Waals surface area contributed by atoms with Crippen LogP contribution in [0.1, 0.15) is 6.92 Å². The predicted molar refractivity (Wildman–Crippen MR) is 27.0 cm³/mol. The summed E-state index contributed by atoms with van der Waals surface area (Å²) in [5.41, 5.74) is 2.29. The molecule has 0 atom stereocenters. The first-order chi connectivity index (χ1) is 3.81. The van der Waals surface area contributed by atoms with E-state index in [2.05, 4.69) is 15.3 Å². The highest BCUT2D eigenvalue weighted by atomic mass is 17.2. The van der Waals surface area contributed by atoms with Crippen LogP contribution in [0.5, 0.6) is 0 Å². The van der Waals surface area contributed by atoms with Gasteiger partial charge in [-0.05, 0) is 0 Å². The number of hydrogen-bond acceptors (Lipinski definition) is 5. The summed E-state index contributed by atoms with van der Waals surface area (Å²) in [4.78, 5) is 8.19. The fraction of sp³-hybridized carbons (Fsp3) is 1.00. The van der Waals surface area contributed by atoms with Crippen molar-refractivity contribution in [2.24, 2.45) is 0 Å². The fourth-order valence-corrected chi connectivity index (χ4v) is 0.155. The van der Waals surface area contributed by atoms with Crippen molar-refractivity contribution in [1.29, 1.82) is 0 Å². The summed E-state index contributed by atoms with van der Waals surface area (Å²) in [6.45, 7) is 2.35. The lowest BCUT2D eigenvalue weighted by Gasteiger charge is -2.21. The van der Waals surface area contributed by atoms with Gasteiger partial charge in [-0.2, -0.15) is 10.4 Å². The highest BCUT2D eigenvalue weighted by Crippen LogP contribution is 1.78. The molecule has 0 saturated heterocycles. The molecule has 8 heavy (non-hydrogen) atoms. The summed E-state index contributed by atoms with van der Waals surface area (Å²) in [5.74, 6) is 0. The monoisotopic (exact) mass is 121 g/mol. The Balaban J connectivity index is 2.86. The Kier molecular flexibility index (Phi) is 4.82. The van der Waals surface area contributed by atoms with E-state index in [1.165, 1.54) is 7.11 Å². The lowest BCUT2D eigenvalue weighted by atomic mass is 10.8. The van der Waals surface area contributed by atoms with E-state index in [1.807, 2.05) is 0 Å². The Labute approximate surface area is 47.6 Å². The third-order valence-electron chi connectivity index (χ3n) is 0.432. The summed E-state index contributed by atoms with van der Waals surface area (Å²) < 4.78 is 0. The van der Waals surface area contributed by atoms with Gasteiger partial charge in [0.05, 0.1) is 7.11 Å². The number of nitrogens with zero attached hydrogens (tertiary/aromatic N) is 1. The van der Waals surface area contributed by atoms with Crippen molar-refractivity contribution in [1.82, 2.24) is 10.9 Å². The van der Waals surface area contributed by atoms with E-state index in [9.17, 15) is 5.21 Å². The zero-order chi connectivity index (χ0) is 6.41. The number of nitrogens with one attached hydrogen (secondary N) is 1. The molecule has 0 aliphatic rings. The Bertz CT molecular complexity index is 51.8. The van der Waals surface area contributed by atoms with E-state index < -0.39 is 0 Å². The average Bonchev–Trinajstić information content (AvgIpc) is 1.83. The summed E-state index contributed by atoms with van der Waals surface area (Å²) >= 11 is 0. The third kappa shape index (κ3) is 3.97. The molecular weight excluding hydrogens is 112 g/mol. The van der Waals surface area contributed by atoms with Crippen molar-refractivity contribution in [3.63, 3.8) is 0 Å². The third-order valence-corrected chi connectivity index (χ3v) is 0.432. The van der Waals surface area contributed by atoms with Crippen LogP contribution in [0.15, 0.2) is 0 Å². The largest absolute Gasteiger partial charge is 0.736 e. The summed E-state index contributed by atoms with van der Waals surface area (Å²) in [6.07, 6.45) is 0. The van der Waals surface area contributed by atoms with Gasteiger partial charge in [0.25, 0.3) is 0 Å². The van der Waals surface area contributed by atoms with Crippen molar-refractivity contribution >= 4 is 0 Å². The van der Waals surface area contributed by atoms with Crippen LogP contribution in [0.3, 0.4) is 0 Å². The standard InChI is InChI=1S/C3H9N2O3/c1-3-4-8-5(6)7-2/h4H,3H2,1-2H3/q-1. The minimum absolute atomic E-state index is 0.0243. The minimum Gasteiger partial charge on any atom is -0.736 e. The van der Waals surface area contributed by atoms with E-state index in [4.69, 9.17) is 0 Å². The Morgan fingerprint density at radius 3 is 2.75 bits per heavy atom. The average molecular weight is 121 g/mol. The SMILES string of the molecule is CCNON([O-])OC. The van der Waals surface area contributed by atoms with Crippen LogP contribution in [0, 0.1) is 5.21 Å². The lowest BCUT2D eigenvalue weighted by molar-refractivity contribution is -0.351. The van der Waals surface area contributed by atoms with Crippen LogP contribution < -0.4 is 5.48 Å². The molecule has 0 aromatic heterocycles. The van der Waals surface area contributed by atoms with Gasteiger partial charge in [-0.25, -0.2) is 0 Å². The van der Waals surface area contributed by atoms with Crippen LogP contribution in [0.25, 0.3) is 0 Å². The molecule has 0 amide bonds. The maximum atomic E-state index is 9.98. The lowest BCUT2D eigenvalue weighted by Crippen LogP contribution is -2.25. The molecule has 50 valence electrons. The Morgan fingerprint density at radius 2 is 2.38 bits per heavy atom. The molecule has 0 saturated carbocycles. The van der Waals surface area contributed by atoms with Gasteiger partial charge in [-0.1, -0.05) is 6.92 Å². The summed E-state index contributed by atoms with van der Waals surface area (Å²) in [6, 6.07) is 0. The number of hydrogen-bond donors (Lipinski definition) is 1. The molecule has 1 N–H and O–H groups in total. The van der Waals surface area contributed by atoms with Gasteiger partial charge in [0, 0.05) is 6.54 Å². The van der Waals surface area contributed by atoms with Gasteiger partial charge in [0.15, 0.2) is 0 Å². The van der Waals surface area contributed by atoms with Crippen molar-refractivity contribution in [3.05, 3.63) is 5.21 Å². The van der Waals surface area contributed by atoms with E-state index in [0.29, 0.717) is 6.54 Å². The fourth-order valence-electron chi connectivity index (χ4n) is 0.155. The van der Waals surface area contributed by atoms with Crippen LogP contribution in [-0.2, 0) is 9.78 Å². The molecule has 0 aliphatic carbocycles.